The van der Waals surface area contributed by atoms with Crippen molar-refractivity contribution < 1.29 is 36.8 Å². The second-order valence-corrected chi connectivity index (χ2v) is 8.71. The van der Waals surface area contributed by atoms with Crippen molar-refractivity contribution >= 4 is 42.3 Å². The third-order valence-corrected chi connectivity index (χ3v) is 6.16. The highest BCUT2D eigenvalue weighted by atomic mass is 35.5. The minimum absolute atomic E-state index is 0.0331. The van der Waals surface area contributed by atoms with E-state index in [-0.39, 0.29) is 29.1 Å². The van der Waals surface area contributed by atoms with E-state index in [1.165, 1.54) is 25.1 Å². The van der Waals surface area contributed by atoms with Gasteiger partial charge in [0.15, 0.2) is 5.71 Å². The van der Waals surface area contributed by atoms with Gasteiger partial charge < -0.3 is 9.36 Å². The van der Waals surface area contributed by atoms with Crippen molar-refractivity contribution in [3.05, 3.63) is 67.7 Å². The number of nitrogens with zero attached hydrogens (tertiary/aromatic N) is 2. The normalized spacial score (nSPS) is 12.9. The lowest BCUT2D eigenvalue weighted by molar-refractivity contribution is -0.383. The predicted octanol–water partition coefficient (Wildman–Crippen LogP) is 5.48. The van der Waals surface area contributed by atoms with E-state index in [2.05, 4.69) is 5.16 Å². The number of benzene rings is 2. The Hall–Kier alpha value is -2.91. The number of ether oxygens (including phenoxy) is 1. The summed E-state index contributed by atoms with van der Waals surface area (Å²) >= 11 is 6.05. The standard InChI is InChI=1S/C21H21ClF3N2O6P/c1-4-13-9-18(27(29)30)19(34(31)33-26-12(3)20(28)32-5-2)10-15(13)8-14-6-7-16(11-17(14)22)21(23,24)25/h6-7,9-11,34H,4-5,8H2,1-3H3. The van der Waals surface area contributed by atoms with E-state index >= 15 is 0 Å². The number of oxime groups is 1. The Balaban J connectivity index is 2.46. The Morgan fingerprint density at radius 1 is 1.18 bits per heavy atom. The van der Waals surface area contributed by atoms with Gasteiger partial charge >= 0.3 is 12.1 Å². The van der Waals surface area contributed by atoms with Crippen molar-refractivity contribution in [2.75, 3.05) is 6.61 Å². The van der Waals surface area contributed by atoms with E-state index in [4.69, 9.17) is 21.0 Å². The summed E-state index contributed by atoms with van der Waals surface area (Å²) in [6.45, 7) is 4.67. The zero-order chi connectivity index (χ0) is 25.6. The maximum Gasteiger partial charge on any atom is 0.416 e. The van der Waals surface area contributed by atoms with Crippen molar-refractivity contribution in [3.63, 3.8) is 0 Å². The molecule has 13 heteroatoms. The number of carbonyl (C=O) groups is 1. The molecular weight excluding hydrogens is 500 g/mol. The van der Waals surface area contributed by atoms with E-state index < -0.39 is 36.3 Å². The molecule has 0 saturated heterocycles. The Morgan fingerprint density at radius 2 is 1.85 bits per heavy atom. The molecule has 184 valence electrons. The van der Waals surface area contributed by atoms with Crippen LogP contribution in [0.4, 0.5) is 18.9 Å². The highest BCUT2D eigenvalue weighted by molar-refractivity contribution is 7.48. The van der Waals surface area contributed by atoms with Crippen LogP contribution >= 0.6 is 19.6 Å². The Kier molecular flexibility index (Phi) is 9.23. The third kappa shape index (κ3) is 6.80. The molecule has 0 saturated carbocycles. The van der Waals surface area contributed by atoms with Gasteiger partial charge in [0.25, 0.3) is 13.7 Å². The molecule has 0 aliphatic carbocycles. The lowest BCUT2D eigenvalue weighted by atomic mass is 9.97. The molecule has 2 rings (SSSR count). The molecule has 1 unspecified atom stereocenters. The summed E-state index contributed by atoms with van der Waals surface area (Å²) in [5, 5.41) is 14.6. The van der Waals surface area contributed by atoms with Crippen LogP contribution in [0.25, 0.3) is 0 Å². The van der Waals surface area contributed by atoms with Crippen molar-refractivity contribution in [1.82, 2.24) is 0 Å². The summed E-state index contributed by atoms with van der Waals surface area (Å²) in [6.07, 6.45) is -4.17. The van der Waals surface area contributed by atoms with Crippen LogP contribution in [0.1, 0.15) is 43.0 Å². The number of alkyl halides is 3. The van der Waals surface area contributed by atoms with Gasteiger partial charge in [-0.05, 0) is 61.6 Å². The van der Waals surface area contributed by atoms with Crippen LogP contribution in [0.5, 0.6) is 0 Å². The summed E-state index contributed by atoms with van der Waals surface area (Å²) in [7, 11) is -3.33. The van der Waals surface area contributed by atoms with Gasteiger partial charge in [0, 0.05) is 11.1 Å². The number of aryl methyl sites for hydroxylation is 1. The van der Waals surface area contributed by atoms with Gasteiger partial charge in [-0.1, -0.05) is 29.7 Å². The average Bonchev–Trinajstić information content (AvgIpc) is 2.77. The van der Waals surface area contributed by atoms with E-state index in [1.807, 2.05) is 0 Å². The summed E-state index contributed by atoms with van der Waals surface area (Å²) in [5.41, 5.74) is -0.266. The quantitative estimate of drug-likeness (QED) is 0.142. The van der Waals surface area contributed by atoms with Gasteiger partial charge in [0.1, 0.15) is 5.30 Å². The third-order valence-electron chi connectivity index (χ3n) is 4.71. The number of esters is 1. The van der Waals surface area contributed by atoms with Crippen LogP contribution in [0.3, 0.4) is 0 Å². The minimum Gasteiger partial charge on any atom is -0.461 e. The fourth-order valence-electron chi connectivity index (χ4n) is 2.99. The van der Waals surface area contributed by atoms with E-state index in [9.17, 15) is 32.6 Å². The monoisotopic (exact) mass is 520 g/mol. The van der Waals surface area contributed by atoms with Crippen LogP contribution < -0.4 is 5.30 Å². The van der Waals surface area contributed by atoms with Crippen LogP contribution in [0.15, 0.2) is 35.5 Å². The zero-order valence-corrected chi connectivity index (χ0v) is 20.1. The van der Waals surface area contributed by atoms with E-state index in [0.717, 1.165) is 12.1 Å². The highest BCUT2D eigenvalue weighted by Crippen LogP contribution is 2.34. The Bertz CT molecular complexity index is 1150. The van der Waals surface area contributed by atoms with Gasteiger partial charge in [-0.2, -0.15) is 13.2 Å². The van der Waals surface area contributed by atoms with Crippen molar-refractivity contribution in [1.29, 1.82) is 0 Å². The van der Waals surface area contributed by atoms with Gasteiger partial charge in [0.2, 0.25) is 0 Å². The fourth-order valence-corrected chi connectivity index (χ4v) is 4.22. The lowest BCUT2D eigenvalue weighted by Gasteiger charge is -2.14. The van der Waals surface area contributed by atoms with Crippen LogP contribution in [-0.2, 0) is 37.7 Å². The number of nitro benzene ring substituents is 1. The first-order chi connectivity index (χ1) is 15.9. The predicted molar refractivity (Wildman–Crippen MR) is 121 cm³/mol. The molecule has 0 spiro atoms. The Labute approximate surface area is 198 Å². The molecular formula is C21H21ClF3N2O6P. The molecule has 0 radical (unpaired) electrons. The van der Waals surface area contributed by atoms with Gasteiger partial charge in [0.05, 0.1) is 17.1 Å². The first-order valence-electron chi connectivity index (χ1n) is 9.97. The van der Waals surface area contributed by atoms with Gasteiger partial charge in [-0.15, -0.1) is 0 Å². The molecule has 2 aromatic rings. The Morgan fingerprint density at radius 3 is 2.38 bits per heavy atom. The number of rotatable bonds is 9. The summed E-state index contributed by atoms with van der Waals surface area (Å²) in [4.78, 5) is 22.5. The van der Waals surface area contributed by atoms with E-state index in [1.54, 1.807) is 13.8 Å². The molecule has 0 fully saturated rings. The number of halogens is 4. The van der Waals surface area contributed by atoms with Crippen molar-refractivity contribution in [2.24, 2.45) is 5.16 Å². The lowest BCUT2D eigenvalue weighted by Crippen LogP contribution is -2.14. The molecule has 2 aromatic carbocycles. The number of carbonyl (C=O) groups excluding carboxylic acids is 1. The molecule has 8 nitrogen and oxygen atoms in total. The first-order valence-corrected chi connectivity index (χ1v) is 11.7. The number of hydrogen-bond donors (Lipinski definition) is 0. The molecule has 0 aliphatic heterocycles. The molecule has 0 aliphatic rings. The second kappa shape index (κ2) is 11.5. The SMILES string of the molecule is CCOC(=O)C(C)=NO[PH](=O)c1cc(Cc2ccc(C(F)(F)F)cc2Cl)c(CC)cc1[N+](=O)[O-]. The van der Waals surface area contributed by atoms with Crippen LogP contribution in [-0.4, -0.2) is 23.2 Å². The van der Waals surface area contributed by atoms with Gasteiger partial charge in [-0.3, -0.25) is 14.7 Å². The van der Waals surface area contributed by atoms with Crippen molar-refractivity contribution in [3.8, 4) is 0 Å². The second-order valence-electron chi connectivity index (χ2n) is 7.01. The minimum atomic E-state index is -4.56. The maximum absolute atomic E-state index is 12.9. The van der Waals surface area contributed by atoms with Gasteiger partial charge in [-0.25, -0.2) is 4.79 Å². The molecule has 1 atom stereocenters. The topological polar surface area (TPSA) is 108 Å². The van der Waals surface area contributed by atoms with Crippen molar-refractivity contribution in [2.45, 2.75) is 39.8 Å². The molecule has 0 N–H and O–H groups in total. The molecule has 0 heterocycles. The first kappa shape index (κ1) is 27.3. The molecule has 0 bridgehead atoms. The smallest absolute Gasteiger partial charge is 0.416 e. The van der Waals surface area contributed by atoms with Crippen LogP contribution in [0, 0.1) is 10.1 Å². The summed E-state index contributed by atoms with van der Waals surface area (Å²) in [6, 6.07) is 5.43. The molecule has 34 heavy (non-hydrogen) atoms. The molecule has 0 aromatic heterocycles. The maximum atomic E-state index is 12.9. The fraction of sp³-hybridized carbons (Fsp3) is 0.333. The summed E-state index contributed by atoms with van der Waals surface area (Å²) in [5.74, 6) is -0.800. The highest BCUT2D eigenvalue weighted by Gasteiger charge is 2.31. The zero-order valence-electron chi connectivity index (χ0n) is 18.4. The molecule has 0 amide bonds. The number of nitro groups is 1. The van der Waals surface area contributed by atoms with E-state index in [0.29, 0.717) is 23.1 Å². The number of hydrogen-bond acceptors (Lipinski definition) is 7. The largest absolute Gasteiger partial charge is 0.461 e. The average molecular weight is 521 g/mol. The van der Waals surface area contributed by atoms with Crippen LogP contribution in [0.2, 0.25) is 5.02 Å². The summed E-state index contributed by atoms with van der Waals surface area (Å²) < 4.78 is 61.1.